The maximum Gasteiger partial charge on any atom is 0.557 e. The second-order valence-corrected chi connectivity index (χ2v) is 5.94. The highest BCUT2D eigenvalue weighted by molar-refractivity contribution is 7.09. The first-order valence-corrected chi connectivity index (χ1v) is 7.76. The van der Waals surface area contributed by atoms with E-state index in [0.717, 1.165) is 5.32 Å². The third-order valence-corrected chi connectivity index (χ3v) is 5.45. The zero-order valence-corrected chi connectivity index (χ0v) is 11.2. The summed E-state index contributed by atoms with van der Waals surface area (Å²) in [5, 5.41) is 2.76. The van der Waals surface area contributed by atoms with Gasteiger partial charge < -0.3 is 13.3 Å². The highest BCUT2D eigenvalue weighted by atomic mass is 32.1. The van der Waals surface area contributed by atoms with Gasteiger partial charge in [-0.05, 0) is 20.8 Å². The summed E-state index contributed by atoms with van der Waals surface area (Å²) in [7, 11) is -2.72. The molecule has 0 N–H and O–H groups in total. The standard InChI is InChI=1S/C9H17NO3SSi/c1-4-11-15(12-5-2,13-6-3)9-7-14-8-10-9/h7-8H,4-6H2,1-3H3. The van der Waals surface area contributed by atoms with Crippen molar-refractivity contribution in [3.63, 3.8) is 0 Å². The number of aromatic nitrogens is 1. The Hall–Kier alpha value is -0.273. The molecule has 1 aromatic heterocycles. The van der Waals surface area contributed by atoms with Crippen molar-refractivity contribution in [2.24, 2.45) is 0 Å². The van der Waals surface area contributed by atoms with Crippen LogP contribution in [0.15, 0.2) is 10.9 Å². The number of hydrogen-bond donors (Lipinski definition) is 0. The lowest BCUT2D eigenvalue weighted by Crippen LogP contribution is -2.57. The molecule has 0 aliphatic carbocycles. The van der Waals surface area contributed by atoms with Gasteiger partial charge in [0, 0.05) is 25.2 Å². The maximum absolute atomic E-state index is 5.69. The monoisotopic (exact) mass is 247 g/mol. The van der Waals surface area contributed by atoms with Gasteiger partial charge >= 0.3 is 8.80 Å². The predicted octanol–water partition coefficient (Wildman–Crippen LogP) is 1.40. The topological polar surface area (TPSA) is 40.6 Å². The SMILES string of the molecule is CCO[Si](OCC)(OCC)c1cscn1. The fourth-order valence-corrected chi connectivity index (χ4v) is 4.64. The van der Waals surface area contributed by atoms with Crippen molar-refractivity contribution in [2.45, 2.75) is 20.8 Å². The van der Waals surface area contributed by atoms with E-state index in [1.54, 1.807) is 5.51 Å². The molecule has 0 radical (unpaired) electrons. The van der Waals surface area contributed by atoms with Gasteiger partial charge in [0.15, 0.2) is 0 Å². The van der Waals surface area contributed by atoms with E-state index < -0.39 is 8.80 Å². The summed E-state index contributed by atoms with van der Waals surface area (Å²) >= 11 is 1.53. The summed E-state index contributed by atoms with van der Waals surface area (Å²) < 4.78 is 17.1. The molecule has 0 unspecified atom stereocenters. The highest BCUT2D eigenvalue weighted by Gasteiger charge is 2.45. The van der Waals surface area contributed by atoms with Crippen LogP contribution in [0.5, 0.6) is 0 Å². The van der Waals surface area contributed by atoms with Crippen molar-refractivity contribution in [3.8, 4) is 0 Å². The number of nitrogens with zero attached hydrogens (tertiary/aromatic N) is 1. The summed E-state index contributed by atoms with van der Waals surface area (Å²) in [6, 6.07) is 0. The Bertz CT molecular complexity index is 251. The molecule has 0 aliphatic rings. The summed E-state index contributed by atoms with van der Waals surface area (Å²) in [6.45, 7) is 7.53. The largest absolute Gasteiger partial charge is 0.557 e. The zero-order valence-electron chi connectivity index (χ0n) is 9.36. The van der Waals surface area contributed by atoms with Crippen LogP contribution in [0, 0.1) is 0 Å². The Morgan fingerprint density at radius 1 is 1.13 bits per heavy atom. The van der Waals surface area contributed by atoms with Crippen LogP contribution in [0.4, 0.5) is 0 Å². The molecule has 1 rings (SSSR count). The van der Waals surface area contributed by atoms with Crippen molar-refractivity contribution >= 4 is 25.5 Å². The van der Waals surface area contributed by atoms with Crippen molar-refractivity contribution in [3.05, 3.63) is 10.9 Å². The Kier molecular flexibility index (Phi) is 5.41. The van der Waals surface area contributed by atoms with E-state index in [1.165, 1.54) is 11.3 Å². The van der Waals surface area contributed by atoms with E-state index in [4.69, 9.17) is 13.3 Å². The normalized spacial score (nSPS) is 11.9. The Morgan fingerprint density at radius 2 is 1.67 bits per heavy atom. The first kappa shape index (κ1) is 12.8. The van der Waals surface area contributed by atoms with Crippen LogP contribution in [-0.4, -0.2) is 33.6 Å². The van der Waals surface area contributed by atoms with Crippen LogP contribution in [0.2, 0.25) is 0 Å². The molecule has 0 saturated carbocycles. The van der Waals surface area contributed by atoms with Gasteiger partial charge in [-0.2, -0.15) is 0 Å². The van der Waals surface area contributed by atoms with Crippen LogP contribution in [0.1, 0.15) is 20.8 Å². The van der Waals surface area contributed by atoms with E-state index in [9.17, 15) is 0 Å². The smallest absolute Gasteiger partial charge is 0.369 e. The zero-order chi connectivity index (χ0) is 11.1. The minimum Gasteiger partial charge on any atom is -0.369 e. The number of thiazole rings is 1. The third kappa shape index (κ3) is 3.09. The first-order valence-electron chi connectivity index (χ1n) is 5.09. The van der Waals surface area contributed by atoms with E-state index in [2.05, 4.69) is 4.98 Å². The van der Waals surface area contributed by atoms with Gasteiger partial charge in [0.25, 0.3) is 0 Å². The Morgan fingerprint density at radius 3 is 2.00 bits per heavy atom. The molecule has 0 atom stereocenters. The van der Waals surface area contributed by atoms with Gasteiger partial charge in [-0.25, -0.2) is 4.98 Å². The molecule has 1 heterocycles. The van der Waals surface area contributed by atoms with Gasteiger partial charge in [0.05, 0.1) is 5.51 Å². The minimum atomic E-state index is -2.72. The number of hydrogen-bond acceptors (Lipinski definition) is 5. The predicted molar refractivity (Wildman–Crippen MR) is 62.4 cm³/mol. The second kappa shape index (κ2) is 6.34. The van der Waals surface area contributed by atoms with E-state index in [1.807, 2.05) is 26.2 Å². The molecule has 0 aromatic carbocycles. The van der Waals surface area contributed by atoms with Gasteiger partial charge in [-0.3, -0.25) is 0 Å². The van der Waals surface area contributed by atoms with Gasteiger partial charge in [0.2, 0.25) is 0 Å². The molecule has 1 aromatic rings. The fraction of sp³-hybridized carbons (Fsp3) is 0.667. The molecule has 0 aliphatic heterocycles. The van der Waals surface area contributed by atoms with E-state index in [-0.39, 0.29) is 0 Å². The second-order valence-electron chi connectivity index (χ2n) is 2.73. The van der Waals surface area contributed by atoms with E-state index in [0.29, 0.717) is 19.8 Å². The average molecular weight is 247 g/mol. The van der Waals surface area contributed by atoms with Crippen LogP contribution in [0.25, 0.3) is 0 Å². The third-order valence-electron chi connectivity index (χ3n) is 1.75. The Balaban J connectivity index is 2.90. The molecule has 0 saturated heterocycles. The molecule has 6 heteroatoms. The highest BCUT2D eigenvalue weighted by Crippen LogP contribution is 2.10. The van der Waals surface area contributed by atoms with Crippen molar-refractivity contribution in [2.75, 3.05) is 19.8 Å². The lowest BCUT2D eigenvalue weighted by atomic mass is 10.9. The quantitative estimate of drug-likeness (QED) is 0.683. The summed E-state index contributed by atoms with van der Waals surface area (Å²) in [5.74, 6) is 0. The molecular formula is C9H17NO3SSi. The molecule has 0 fully saturated rings. The molecular weight excluding hydrogens is 230 g/mol. The first-order chi connectivity index (χ1) is 7.29. The van der Waals surface area contributed by atoms with E-state index >= 15 is 0 Å². The van der Waals surface area contributed by atoms with Gasteiger partial charge in [0.1, 0.15) is 5.32 Å². The minimum absolute atomic E-state index is 0.573. The van der Waals surface area contributed by atoms with Crippen LogP contribution >= 0.6 is 11.3 Å². The van der Waals surface area contributed by atoms with Crippen LogP contribution in [0.3, 0.4) is 0 Å². The summed E-state index contributed by atoms with van der Waals surface area (Å²) in [5.41, 5.74) is 1.77. The molecule has 0 spiro atoms. The molecule has 0 bridgehead atoms. The van der Waals surface area contributed by atoms with Crippen molar-refractivity contribution in [1.82, 2.24) is 4.98 Å². The summed E-state index contributed by atoms with van der Waals surface area (Å²) in [4.78, 5) is 4.25. The van der Waals surface area contributed by atoms with Gasteiger partial charge in [-0.1, -0.05) is 0 Å². The summed E-state index contributed by atoms with van der Waals surface area (Å²) in [6.07, 6.45) is 0. The lowest BCUT2D eigenvalue weighted by molar-refractivity contribution is 0.0851. The van der Waals surface area contributed by atoms with Crippen molar-refractivity contribution in [1.29, 1.82) is 0 Å². The lowest BCUT2D eigenvalue weighted by Gasteiger charge is -2.26. The van der Waals surface area contributed by atoms with Crippen LogP contribution < -0.4 is 5.32 Å². The van der Waals surface area contributed by atoms with Gasteiger partial charge in [-0.15, -0.1) is 11.3 Å². The number of rotatable bonds is 7. The Labute approximate surface area is 95.6 Å². The van der Waals surface area contributed by atoms with Crippen LogP contribution in [-0.2, 0) is 13.3 Å². The molecule has 15 heavy (non-hydrogen) atoms. The fourth-order valence-electron chi connectivity index (χ4n) is 1.28. The van der Waals surface area contributed by atoms with Crippen molar-refractivity contribution < 1.29 is 13.3 Å². The molecule has 0 amide bonds. The average Bonchev–Trinajstić information content (AvgIpc) is 2.72. The molecule has 4 nitrogen and oxygen atoms in total. The maximum atomic E-state index is 5.69. The molecule has 86 valence electrons.